The lowest BCUT2D eigenvalue weighted by Crippen LogP contribution is -2.22. The number of hydrogen-bond acceptors (Lipinski definition) is 4. The first-order valence-corrected chi connectivity index (χ1v) is 8.36. The minimum absolute atomic E-state index is 0.144. The summed E-state index contributed by atoms with van der Waals surface area (Å²) in [5.74, 6) is -0.794. The van der Waals surface area contributed by atoms with Gasteiger partial charge in [0.05, 0.1) is 17.4 Å². The number of anilines is 1. The van der Waals surface area contributed by atoms with Crippen LogP contribution in [0.15, 0.2) is 41.2 Å². The quantitative estimate of drug-likeness (QED) is 0.557. The van der Waals surface area contributed by atoms with Gasteiger partial charge < -0.3 is 4.90 Å². The molecule has 0 spiro atoms. The van der Waals surface area contributed by atoms with Gasteiger partial charge in [-0.25, -0.2) is 8.78 Å². The summed E-state index contributed by atoms with van der Waals surface area (Å²) in [6.07, 6.45) is 0. The molecule has 0 saturated carbocycles. The van der Waals surface area contributed by atoms with E-state index in [-0.39, 0.29) is 5.56 Å². The highest BCUT2D eigenvalue weighted by atomic mass is 19.2. The molecular formula is C19H17F2N5O. The molecule has 2 heterocycles. The smallest absolute Gasteiger partial charge is 0.262 e. The van der Waals surface area contributed by atoms with Gasteiger partial charge in [-0.1, -0.05) is 11.6 Å². The zero-order chi connectivity index (χ0) is 19.3. The van der Waals surface area contributed by atoms with Gasteiger partial charge in [-0.3, -0.25) is 13.8 Å². The number of nitrogens with zero attached hydrogens (tertiary/aromatic N) is 5. The van der Waals surface area contributed by atoms with Crippen LogP contribution in [0.25, 0.3) is 16.7 Å². The molecule has 0 N–H and O–H groups in total. The molecule has 2 aromatic carbocycles. The van der Waals surface area contributed by atoms with Crippen LogP contribution >= 0.6 is 0 Å². The Bertz CT molecular complexity index is 1240. The molecule has 0 saturated heterocycles. The maximum atomic E-state index is 13.5. The van der Waals surface area contributed by atoms with E-state index < -0.39 is 11.6 Å². The number of aryl methyl sites for hydroxylation is 2. The lowest BCUT2D eigenvalue weighted by Gasteiger charge is -2.19. The molecule has 138 valence electrons. The van der Waals surface area contributed by atoms with Crippen molar-refractivity contribution in [3.05, 3.63) is 69.8 Å². The van der Waals surface area contributed by atoms with Crippen molar-refractivity contribution in [2.45, 2.75) is 13.5 Å². The van der Waals surface area contributed by atoms with Crippen LogP contribution in [-0.4, -0.2) is 26.2 Å². The third-order valence-electron chi connectivity index (χ3n) is 4.66. The van der Waals surface area contributed by atoms with Crippen LogP contribution in [0.1, 0.15) is 11.4 Å². The summed E-state index contributed by atoms with van der Waals surface area (Å²) in [4.78, 5) is 14.4. The second-order valence-corrected chi connectivity index (χ2v) is 6.59. The van der Waals surface area contributed by atoms with Gasteiger partial charge in [-0.15, -0.1) is 10.2 Å². The predicted octanol–water partition coefficient (Wildman–Crippen LogP) is 2.80. The number of benzene rings is 2. The highest BCUT2D eigenvalue weighted by molar-refractivity contribution is 5.81. The summed E-state index contributed by atoms with van der Waals surface area (Å²) in [6.45, 7) is 2.22. The summed E-state index contributed by atoms with van der Waals surface area (Å²) in [5.41, 5.74) is 2.05. The summed E-state index contributed by atoms with van der Waals surface area (Å²) in [7, 11) is 3.40. The maximum absolute atomic E-state index is 13.5. The Balaban J connectivity index is 1.86. The molecule has 0 aliphatic heterocycles. The molecule has 0 atom stereocenters. The Morgan fingerprint density at radius 2 is 1.85 bits per heavy atom. The molecule has 0 radical (unpaired) electrons. The molecule has 0 bridgehead atoms. The average molecular weight is 369 g/mol. The Morgan fingerprint density at radius 1 is 1.07 bits per heavy atom. The minimum atomic E-state index is -0.909. The molecule has 27 heavy (non-hydrogen) atoms. The van der Waals surface area contributed by atoms with E-state index in [2.05, 4.69) is 10.2 Å². The van der Waals surface area contributed by atoms with Gasteiger partial charge in [0.25, 0.3) is 5.56 Å². The molecule has 4 aromatic rings. The van der Waals surface area contributed by atoms with Crippen molar-refractivity contribution in [2.75, 3.05) is 11.9 Å². The monoisotopic (exact) mass is 369 g/mol. The van der Waals surface area contributed by atoms with Crippen LogP contribution < -0.4 is 10.5 Å². The van der Waals surface area contributed by atoms with E-state index in [9.17, 15) is 13.6 Å². The topological polar surface area (TPSA) is 55.4 Å². The van der Waals surface area contributed by atoms with Gasteiger partial charge in [-0.05, 0) is 31.2 Å². The van der Waals surface area contributed by atoms with Gasteiger partial charge in [-0.2, -0.15) is 0 Å². The fraction of sp³-hybridized carbons (Fsp3) is 0.211. The first-order valence-electron chi connectivity index (χ1n) is 8.36. The van der Waals surface area contributed by atoms with Gasteiger partial charge in [0.2, 0.25) is 5.78 Å². The molecule has 0 unspecified atom stereocenters. The van der Waals surface area contributed by atoms with Crippen LogP contribution in [0, 0.1) is 18.6 Å². The molecule has 0 aliphatic carbocycles. The number of rotatable bonds is 3. The largest absolute Gasteiger partial charge is 0.367 e. The molecule has 0 fully saturated rings. The Hall–Kier alpha value is -3.29. The van der Waals surface area contributed by atoms with Gasteiger partial charge in [0.1, 0.15) is 0 Å². The van der Waals surface area contributed by atoms with Crippen LogP contribution in [-0.2, 0) is 13.6 Å². The average Bonchev–Trinajstić information content (AvgIpc) is 3.05. The first-order chi connectivity index (χ1) is 12.9. The van der Waals surface area contributed by atoms with Crippen molar-refractivity contribution in [3.8, 4) is 0 Å². The second-order valence-electron chi connectivity index (χ2n) is 6.59. The maximum Gasteiger partial charge on any atom is 0.262 e. The van der Waals surface area contributed by atoms with Crippen LogP contribution in [0.2, 0.25) is 0 Å². The molecule has 2 aromatic heterocycles. The lowest BCUT2D eigenvalue weighted by molar-refractivity contribution is 0.508. The van der Waals surface area contributed by atoms with E-state index >= 15 is 0 Å². The van der Waals surface area contributed by atoms with Gasteiger partial charge in [0.15, 0.2) is 17.5 Å². The predicted molar refractivity (Wildman–Crippen MR) is 98.9 cm³/mol. The van der Waals surface area contributed by atoms with Crippen LogP contribution in [0.5, 0.6) is 0 Å². The van der Waals surface area contributed by atoms with Crippen molar-refractivity contribution < 1.29 is 8.78 Å². The van der Waals surface area contributed by atoms with E-state index in [1.807, 2.05) is 29.5 Å². The number of hydrogen-bond donors (Lipinski definition) is 0. The summed E-state index contributed by atoms with van der Waals surface area (Å²) >= 11 is 0. The summed E-state index contributed by atoms with van der Waals surface area (Å²) in [5, 5.41) is 8.94. The highest BCUT2D eigenvalue weighted by Gasteiger charge is 2.16. The first kappa shape index (κ1) is 17.1. The van der Waals surface area contributed by atoms with Crippen molar-refractivity contribution in [2.24, 2.45) is 7.05 Å². The van der Waals surface area contributed by atoms with Gasteiger partial charge >= 0.3 is 0 Å². The lowest BCUT2D eigenvalue weighted by atomic mass is 10.1. The SMILES string of the molecule is Cc1ccc2c(c1)c(=O)n(C)c1nnc(CN(C)c3ccc(F)c(F)c3)n21. The molecule has 0 amide bonds. The number of aromatic nitrogens is 4. The number of halogens is 2. The number of fused-ring (bicyclic) bond motifs is 3. The molecule has 6 nitrogen and oxygen atoms in total. The van der Waals surface area contributed by atoms with E-state index in [0.29, 0.717) is 34.7 Å². The van der Waals surface area contributed by atoms with E-state index in [0.717, 1.165) is 17.7 Å². The Morgan fingerprint density at radius 3 is 2.59 bits per heavy atom. The highest BCUT2D eigenvalue weighted by Crippen LogP contribution is 2.20. The van der Waals surface area contributed by atoms with Crippen molar-refractivity contribution in [1.29, 1.82) is 0 Å². The van der Waals surface area contributed by atoms with Crippen molar-refractivity contribution >= 4 is 22.4 Å². The molecule has 8 heteroatoms. The fourth-order valence-electron chi connectivity index (χ4n) is 3.19. The normalized spacial score (nSPS) is 11.4. The fourth-order valence-corrected chi connectivity index (χ4v) is 3.19. The summed E-state index contributed by atoms with van der Waals surface area (Å²) < 4.78 is 30.0. The van der Waals surface area contributed by atoms with Gasteiger partial charge in [0, 0.05) is 25.8 Å². The molecule has 4 rings (SSSR count). The third-order valence-corrected chi connectivity index (χ3v) is 4.66. The minimum Gasteiger partial charge on any atom is -0.367 e. The molecular weight excluding hydrogens is 352 g/mol. The summed E-state index contributed by atoms with van der Waals surface area (Å²) in [6, 6.07) is 9.34. The second kappa shape index (κ2) is 6.15. The van der Waals surface area contributed by atoms with E-state index in [4.69, 9.17) is 0 Å². The molecule has 0 aliphatic rings. The Labute approximate surface area is 153 Å². The van der Waals surface area contributed by atoms with Crippen molar-refractivity contribution in [3.63, 3.8) is 0 Å². The van der Waals surface area contributed by atoms with E-state index in [1.54, 1.807) is 19.0 Å². The standard InChI is InChI=1S/C19H17F2N5O/c1-11-4-7-16-13(8-11)18(27)25(3)19-23-22-17(26(16)19)10-24(2)12-5-6-14(20)15(21)9-12/h4-9H,10H2,1-3H3. The van der Waals surface area contributed by atoms with Crippen LogP contribution in [0.3, 0.4) is 0 Å². The van der Waals surface area contributed by atoms with Crippen LogP contribution in [0.4, 0.5) is 14.5 Å². The Kier molecular flexibility index (Phi) is 3.91. The van der Waals surface area contributed by atoms with E-state index in [1.165, 1.54) is 10.6 Å². The van der Waals surface area contributed by atoms with Crippen molar-refractivity contribution in [1.82, 2.24) is 19.2 Å². The third kappa shape index (κ3) is 2.73. The zero-order valence-electron chi connectivity index (χ0n) is 15.1. The zero-order valence-corrected chi connectivity index (χ0v) is 15.1.